The zero-order valence-electron chi connectivity index (χ0n) is 19.7. The van der Waals surface area contributed by atoms with Crippen LogP contribution >= 0.6 is 0 Å². The number of nitrogens with zero attached hydrogens (tertiary/aromatic N) is 2. The van der Waals surface area contributed by atoms with Gasteiger partial charge in [0.2, 0.25) is 0 Å². The molecule has 0 atom stereocenters. The monoisotopic (exact) mass is 447 g/mol. The number of aromatic nitrogens is 2. The number of rotatable bonds is 5. The molecular weight excluding hydrogens is 418 g/mol. The lowest BCUT2D eigenvalue weighted by atomic mass is 9.96. The number of amides is 1. The molecule has 33 heavy (non-hydrogen) atoms. The lowest BCUT2D eigenvalue weighted by molar-refractivity contribution is 0.0525. The zero-order chi connectivity index (χ0) is 23.8. The van der Waals surface area contributed by atoms with Crippen LogP contribution in [0.5, 0.6) is 0 Å². The minimum atomic E-state index is -0.517. The molecule has 0 saturated carbocycles. The summed E-state index contributed by atoms with van der Waals surface area (Å²) in [6.45, 7) is 8.79. The van der Waals surface area contributed by atoms with Gasteiger partial charge in [-0.25, -0.2) is 14.6 Å². The standard InChI is InChI=1S/C26H29N3O4/c1-16-19-15-29(13-8-12-27-25(31)33-26(2,3)4)14-11-17(19)22(24(30)32-5)23-21(16)18-9-6-7-10-20(18)28-23/h6-7,9-11,14-15H,8,12-13H2,1-5H3,(H,27,31). The normalized spacial score (nSPS) is 11.8. The van der Waals surface area contributed by atoms with Gasteiger partial charge in [0.05, 0.1) is 23.7 Å². The van der Waals surface area contributed by atoms with Crippen molar-refractivity contribution in [1.29, 1.82) is 0 Å². The van der Waals surface area contributed by atoms with Gasteiger partial charge in [0, 0.05) is 47.0 Å². The van der Waals surface area contributed by atoms with Gasteiger partial charge in [-0.05, 0) is 51.8 Å². The second kappa shape index (κ2) is 8.73. The van der Waals surface area contributed by atoms with Gasteiger partial charge in [-0.1, -0.05) is 18.2 Å². The zero-order valence-corrected chi connectivity index (χ0v) is 19.7. The second-order valence-electron chi connectivity index (χ2n) is 9.14. The van der Waals surface area contributed by atoms with E-state index in [9.17, 15) is 9.59 Å². The molecule has 2 aromatic heterocycles. The van der Waals surface area contributed by atoms with E-state index in [-0.39, 0.29) is 0 Å². The second-order valence-corrected chi connectivity index (χ2v) is 9.14. The summed E-state index contributed by atoms with van der Waals surface area (Å²) in [5.74, 6) is -0.396. The van der Waals surface area contributed by atoms with Crippen LogP contribution in [0.15, 0.2) is 42.7 Å². The van der Waals surface area contributed by atoms with Crippen LogP contribution in [-0.4, -0.2) is 40.9 Å². The van der Waals surface area contributed by atoms with Gasteiger partial charge in [0.25, 0.3) is 0 Å². The summed E-state index contributed by atoms with van der Waals surface area (Å²) in [5.41, 5.74) is 2.58. The molecule has 2 aromatic carbocycles. The highest BCUT2D eigenvalue weighted by Gasteiger charge is 2.22. The first-order valence-corrected chi connectivity index (χ1v) is 11.1. The minimum Gasteiger partial charge on any atom is -0.465 e. The molecule has 7 nitrogen and oxygen atoms in total. The molecule has 172 valence electrons. The summed E-state index contributed by atoms with van der Waals surface area (Å²) >= 11 is 0. The first-order chi connectivity index (χ1) is 15.7. The fourth-order valence-electron chi connectivity index (χ4n) is 4.18. The van der Waals surface area contributed by atoms with Crippen LogP contribution in [0, 0.1) is 6.92 Å². The number of esters is 1. The summed E-state index contributed by atoms with van der Waals surface area (Å²) in [7, 11) is 1.39. The van der Waals surface area contributed by atoms with Crippen LogP contribution in [0.25, 0.3) is 32.6 Å². The fraction of sp³-hybridized carbons (Fsp3) is 0.346. The van der Waals surface area contributed by atoms with Crippen molar-refractivity contribution in [3.05, 3.63) is 53.9 Å². The van der Waals surface area contributed by atoms with E-state index in [0.717, 1.165) is 39.0 Å². The molecule has 2 heterocycles. The number of ether oxygens (including phenoxy) is 2. The third kappa shape index (κ3) is 4.49. The number of benzene rings is 2. The molecule has 0 aliphatic carbocycles. The molecule has 0 unspecified atom stereocenters. The Morgan fingerprint density at radius 2 is 1.85 bits per heavy atom. The largest absolute Gasteiger partial charge is 0.465 e. The maximum absolute atomic E-state index is 12.8. The smallest absolute Gasteiger partial charge is 0.407 e. The molecular formula is C26H29N3O4. The molecule has 4 rings (SSSR count). The van der Waals surface area contributed by atoms with Crippen LogP contribution in [0.4, 0.5) is 4.79 Å². The van der Waals surface area contributed by atoms with E-state index in [1.165, 1.54) is 7.11 Å². The number of hydrogen-bond acceptors (Lipinski definition) is 5. The quantitative estimate of drug-likeness (QED) is 0.329. The van der Waals surface area contributed by atoms with Crippen molar-refractivity contribution in [3.63, 3.8) is 0 Å². The maximum Gasteiger partial charge on any atom is 0.407 e. The van der Waals surface area contributed by atoms with Crippen molar-refractivity contribution >= 4 is 44.6 Å². The molecule has 0 spiro atoms. The summed E-state index contributed by atoms with van der Waals surface area (Å²) in [6.07, 6.45) is 4.31. The molecule has 0 bridgehead atoms. The number of para-hydroxylation sites is 1. The summed E-state index contributed by atoms with van der Waals surface area (Å²) in [4.78, 5) is 29.4. The van der Waals surface area contributed by atoms with Gasteiger partial charge in [-0.2, -0.15) is 0 Å². The predicted molar refractivity (Wildman–Crippen MR) is 130 cm³/mol. The van der Waals surface area contributed by atoms with E-state index in [2.05, 4.69) is 16.8 Å². The molecule has 0 aliphatic heterocycles. The van der Waals surface area contributed by atoms with Gasteiger partial charge >= 0.3 is 12.1 Å². The lowest BCUT2D eigenvalue weighted by Crippen LogP contribution is -2.33. The number of alkyl carbamates (subject to hydrolysis) is 1. The van der Waals surface area contributed by atoms with E-state index in [4.69, 9.17) is 14.5 Å². The van der Waals surface area contributed by atoms with Crippen molar-refractivity contribution in [1.82, 2.24) is 14.9 Å². The Morgan fingerprint density at radius 3 is 2.58 bits per heavy atom. The highest BCUT2D eigenvalue weighted by molar-refractivity contribution is 6.23. The van der Waals surface area contributed by atoms with Gasteiger partial charge in [-0.15, -0.1) is 0 Å². The van der Waals surface area contributed by atoms with Crippen LogP contribution in [0.2, 0.25) is 0 Å². The van der Waals surface area contributed by atoms with Gasteiger partial charge in [0.15, 0.2) is 0 Å². The van der Waals surface area contributed by atoms with Crippen LogP contribution < -0.4 is 5.32 Å². The van der Waals surface area contributed by atoms with E-state index in [1.54, 1.807) is 0 Å². The summed E-state index contributed by atoms with van der Waals surface area (Å²) < 4.78 is 12.5. The Balaban J connectivity index is 1.68. The number of fused-ring (bicyclic) bond motifs is 4. The van der Waals surface area contributed by atoms with E-state index >= 15 is 0 Å². The van der Waals surface area contributed by atoms with Gasteiger partial charge in [0.1, 0.15) is 5.60 Å². The van der Waals surface area contributed by atoms with Crippen molar-refractivity contribution in [2.24, 2.45) is 0 Å². The average molecular weight is 448 g/mol. The molecule has 0 radical (unpaired) electrons. The first kappa shape index (κ1) is 22.6. The Morgan fingerprint density at radius 1 is 1.09 bits per heavy atom. The fourth-order valence-corrected chi connectivity index (χ4v) is 4.18. The van der Waals surface area contributed by atoms with E-state index in [1.807, 2.05) is 63.5 Å². The molecule has 7 heteroatoms. The molecule has 0 saturated heterocycles. The summed E-state index contributed by atoms with van der Waals surface area (Å²) in [5, 5.41) is 6.58. The molecule has 1 N–H and O–H groups in total. The number of pyridine rings is 1. The van der Waals surface area contributed by atoms with Gasteiger partial charge < -0.3 is 19.4 Å². The molecule has 1 amide bonds. The SMILES string of the molecule is COC(=O)c1c2ccn(CCCNC(=O)OC(C)(C)C)cc2c(C)c2c1nc1ccccc12. The van der Waals surface area contributed by atoms with Crippen LogP contribution in [0.3, 0.4) is 0 Å². The van der Waals surface area contributed by atoms with Crippen LogP contribution in [-0.2, 0) is 16.0 Å². The Hall–Kier alpha value is -3.61. The highest BCUT2D eigenvalue weighted by Crippen LogP contribution is 2.37. The minimum absolute atomic E-state index is 0.396. The highest BCUT2D eigenvalue weighted by atomic mass is 16.6. The number of aryl methyl sites for hydroxylation is 2. The lowest BCUT2D eigenvalue weighted by Gasteiger charge is -2.19. The number of nitrogens with one attached hydrogen (secondary N) is 1. The average Bonchev–Trinajstić information content (AvgIpc) is 3.15. The predicted octanol–water partition coefficient (Wildman–Crippen LogP) is 5.35. The Bertz CT molecular complexity index is 1370. The van der Waals surface area contributed by atoms with E-state index in [0.29, 0.717) is 24.2 Å². The third-order valence-electron chi connectivity index (χ3n) is 5.60. The van der Waals surface area contributed by atoms with Crippen molar-refractivity contribution in [2.75, 3.05) is 13.7 Å². The van der Waals surface area contributed by atoms with Crippen molar-refractivity contribution < 1.29 is 19.1 Å². The Labute approximate surface area is 192 Å². The summed E-state index contributed by atoms with van der Waals surface area (Å²) in [6, 6.07) is 9.85. The number of carbonyl (C=O) groups excluding carboxylic acids is 2. The topological polar surface area (TPSA) is 82.5 Å². The maximum atomic E-state index is 12.8. The third-order valence-corrected chi connectivity index (χ3v) is 5.60. The molecule has 4 aromatic rings. The molecule has 0 fully saturated rings. The molecule has 0 aliphatic rings. The van der Waals surface area contributed by atoms with Crippen molar-refractivity contribution in [2.45, 2.75) is 46.3 Å². The van der Waals surface area contributed by atoms with Crippen LogP contribution in [0.1, 0.15) is 43.1 Å². The number of hydrogen-bond donors (Lipinski definition) is 1. The van der Waals surface area contributed by atoms with Gasteiger partial charge in [-0.3, -0.25) is 0 Å². The van der Waals surface area contributed by atoms with E-state index < -0.39 is 17.7 Å². The van der Waals surface area contributed by atoms with Crippen molar-refractivity contribution in [3.8, 4) is 0 Å². The number of methoxy groups -OCH3 is 1. The first-order valence-electron chi connectivity index (χ1n) is 11.1. The Kier molecular flexibility index (Phi) is 5.97. The number of carbonyl (C=O) groups is 2.